The van der Waals surface area contributed by atoms with Crippen LogP contribution in [-0.2, 0) is 16.0 Å². The van der Waals surface area contributed by atoms with Crippen LogP contribution >= 0.6 is 0 Å². The van der Waals surface area contributed by atoms with E-state index in [0.717, 1.165) is 0 Å². The molecule has 1 fully saturated rings. The molecule has 2 rings (SSSR count). The molecule has 1 amide bonds. The van der Waals surface area contributed by atoms with Crippen molar-refractivity contribution in [1.29, 1.82) is 0 Å². The van der Waals surface area contributed by atoms with Crippen LogP contribution in [0.15, 0.2) is 24.3 Å². The zero-order chi connectivity index (χ0) is 13.0. The van der Waals surface area contributed by atoms with E-state index in [2.05, 4.69) is 0 Å². The van der Waals surface area contributed by atoms with Crippen LogP contribution < -0.4 is 0 Å². The van der Waals surface area contributed by atoms with Crippen molar-refractivity contribution < 1.29 is 13.9 Å². The Labute approximate surface area is 107 Å². The smallest absolute Gasteiger partial charge is 0.223 e. The number of ether oxygens (including phenoxy) is 1. The van der Waals surface area contributed by atoms with Crippen molar-refractivity contribution in [2.45, 2.75) is 12.8 Å². The second-order valence-electron chi connectivity index (χ2n) is 4.70. The Kier molecular flexibility index (Phi) is 4.31. The van der Waals surface area contributed by atoms with E-state index < -0.39 is 0 Å². The van der Waals surface area contributed by atoms with Gasteiger partial charge in [-0.2, -0.15) is 0 Å². The van der Waals surface area contributed by atoms with Crippen molar-refractivity contribution in [3.63, 3.8) is 0 Å². The zero-order valence-electron chi connectivity index (χ0n) is 10.6. The molecule has 1 aliphatic rings. The number of nitrogens with zero attached hydrogens (tertiary/aromatic N) is 1. The van der Waals surface area contributed by atoms with Gasteiger partial charge in [-0.05, 0) is 24.0 Å². The van der Waals surface area contributed by atoms with Crippen molar-refractivity contribution in [2.75, 3.05) is 26.8 Å². The summed E-state index contributed by atoms with van der Waals surface area (Å²) in [7, 11) is 1.62. The van der Waals surface area contributed by atoms with Gasteiger partial charge in [-0.1, -0.05) is 18.2 Å². The van der Waals surface area contributed by atoms with Crippen LogP contribution in [-0.4, -0.2) is 37.6 Å². The predicted molar refractivity (Wildman–Crippen MR) is 66.7 cm³/mol. The van der Waals surface area contributed by atoms with Gasteiger partial charge in [0.05, 0.1) is 6.61 Å². The summed E-state index contributed by atoms with van der Waals surface area (Å²) in [5.41, 5.74) is 0.698. The molecule has 1 atom stereocenters. The van der Waals surface area contributed by atoms with E-state index in [0.29, 0.717) is 38.1 Å². The van der Waals surface area contributed by atoms with Gasteiger partial charge in [0, 0.05) is 26.6 Å². The minimum Gasteiger partial charge on any atom is -0.383 e. The van der Waals surface area contributed by atoms with Gasteiger partial charge in [-0.25, -0.2) is 4.39 Å². The van der Waals surface area contributed by atoms with Crippen LogP contribution in [0, 0.1) is 11.7 Å². The van der Waals surface area contributed by atoms with Gasteiger partial charge in [0.2, 0.25) is 5.91 Å². The van der Waals surface area contributed by atoms with Gasteiger partial charge in [0.15, 0.2) is 0 Å². The van der Waals surface area contributed by atoms with E-state index in [1.807, 2.05) is 6.07 Å². The topological polar surface area (TPSA) is 29.5 Å². The highest BCUT2D eigenvalue weighted by molar-refractivity contribution is 5.78. The van der Waals surface area contributed by atoms with Crippen LogP contribution in [0.1, 0.15) is 12.0 Å². The van der Waals surface area contributed by atoms with Crippen molar-refractivity contribution in [1.82, 2.24) is 4.90 Å². The van der Waals surface area contributed by atoms with Crippen LogP contribution in [0.4, 0.5) is 4.39 Å². The van der Waals surface area contributed by atoms with Gasteiger partial charge in [-0.15, -0.1) is 0 Å². The summed E-state index contributed by atoms with van der Waals surface area (Å²) in [5, 5.41) is 0. The van der Waals surface area contributed by atoms with E-state index >= 15 is 0 Å². The maximum atomic E-state index is 13.5. The molecule has 1 saturated heterocycles. The number of rotatable bonds is 5. The molecule has 18 heavy (non-hydrogen) atoms. The fourth-order valence-corrected chi connectivity index (χ4v) is 2.38. The molecule has 0 unspecified atom stereocenters. The summed E-state index contributed by atoms with van der Waals surface area (Å²) in [6.07, 6.45) is 1.14. The van der Waals surface area contributed by atoms with Crippen molar-refractivity contribution in [2.24, 2.45) is 5.92 Å². The van der Waals surface area contributed by atoms with Crippen molar-refractivity contribution >= 4 is 5.91 Å². The average molecular weight is 251 g/mol. The Balaban J connectivity index is 1.92. The maximum Gasteiger partial charge on any atom is 0.223 e. The highest BCUT2D eigenvalue weighted by Gasteiger charge is 2.29. The minimum atomic E-state index is -0.180. The van der Waals surface area contributed by atoms with E-state index in [1.165, 1.54) is 6.07 Å². The SMILES string of the molecule is COCCN1C[C@@H](Cc2ccccc2F)CC1=O. The largest absolute Gasteiger partial charge is 0.383 e. The molecule has 98 valence electrons. The number of methoxy groups -OCH3 is 1. The molecule has 1 aliphatic heterocycles. The fraction of sp³-hybridized carbons (Fsp3) is 0.500. The quantitative estimate of drug-likeness (QED) is 0.799. The first-order valence-electron chi connectivity index (χ1n) is 6.21. The number of likely N-dealkylation sites (tertiary alicyclic amines) is 1. The molecule has 0 bridgehead atoms. The molecule has 3 nitrogen and oxygen atoms in total. The lowest BCUT2D eigenvalue weighted by molar-refractivity contribution is -0.128. The lowest BCUT2D eigenvalue weighted by atomic mass is 9.98. The highest BCUT2D eigenvalue weighted by atomic mass is 19.1. The van der Waals surface area contributed by atoms with E-state index in [4.69, 9.17) is 4.74 Å². The Morgan fingerprint density at radius 1 is 1.44 bits per heavy atom. The lowest BCUT2D eigenvalue weighted by Gasteiger charge is -2.16. The number of hydrogen-bond acceptors (Lipinski definition) is 2. The fourth-order valence-electron chi connectivity index (χ4n) is 2.38. The number of carbonyl (C=O) groups is 1. The second-order valence-corrected chi connectivity index (χ2v) is 4.70. The summed E-state index contributed by atoms with van der Waals surface area (Å²) in [5.74, 6) is 0.180. The first-order valence-corrected chi connectivity index (χ1v) is 6.21. The van der Waals surface area contributed by atoms with Gasteiger partial charge in [0.25, 0.3) is 0 Å². The van der Waals surface area contributed by atoms with Crippen LogP contribution in [0.5, 0.6) is 0 Å². The molecular weight excluding hydrogens is 233 g/mol. The third-order valence-corrected chi connectivity index (χ3v) is 3.33. The zero-order valence-corrected chi connectivity index (χ0v) is 10.6. The van der Waals surface area contributed by atoms with Gasteiger partial charge in [0.1, 0.15) is 5.82 Å². The molecule has 1 aromatic carbocycles. The first kappa shape index (κ1) is 13.0. The number of carbonyl (C=O) groups excluding carboxylic acids is 1. The highest BCUT2D eigenvalue weighted by Crippen LogP contribution is 2.22. The third kappa shape index (κ3) is 3.07. The Morgan fingerprint density at radius 3 is 2.94 bits per heavy atom. The van der Waals surface area contributed by atoms with E-state index in [-0.39, 0.29) is 17.6 Å². The van der Waals surface area contributed by atoms with Crippen LogP contribution in [0.25, 0.3) is 0 Å². The number of halogens is 1. The van der Waals surface area contributed by atoms with Crippen LogP contribution in [0.2, 0.25) is 0 Å². The average Bonchev–Trinajstić information content (AvgIpc) is 2.70. The normalized spacial score (nSPS) is 19.6. The number of benzene rings is 1. The number of hydrogen-bond donors (Lipinski definition) is 0. The van der Waals surface area contributed by atoms with Gasteiger partial charge < -0.3 is 9.64 Å². The summed E-state index contributed by atoms with van der Waals surface area (Å²) in [4.78, 5) is 13.5. The second kappa shape index (κ2) is 5.96. The lowest BCUT2D eigenvalue weighted by Crippen LogP contribution is -2.28. The molecule has 0 spiro atoms. The Bertz CT molecular complexity index is 422. The molecular formula is C14H18FNO2. The summed E-state index contributed by atoms with van der Waals surface area (Å²) in [6.45, 7) is 1.89. The molecule has 4 heteroatoms. The summed E-state index contributed by atoms with van der Waals surface area (Å²) in [6, 6.07) is 6.77. The summed E-state index contributed by atoms with van der Waals surface area (Å²) < 4.78 is 18.5. The molecule has 1 aromatic rings. The maximum absolute atomic E-state index is 13.5. The Morgan fingerprint density at radius 2 is 2.22 bits per heavy atom. The van der Waals surface area contributed by atoms with E-state index in [9.17, 15) is 9.18 Å². The predicted octanol–water partition coefficient (Wildman–Crippen LogP) is 1.86. The monoisotopic (exact) mass is 251 g/mol. The molecule has 0 N–H and O–H groups in total. The molecule has 0 aromatic heterocycles. The molecule has 0 aliphatic carbocycles. The van der Waals surface area contributed by atoms with Crippen LogP contribution in [0.3, 0.4) is 0 Å². The van der Waals surface area contributed by atoms with Crippen molar-refractivity contribution in [3.05, 3.63) is 35.6 Å². The Hall–Kier alpha value is -1.42. The van der Waals surface area contributed by atoms with E-state index in [1.54, 1.807) is 24.1 Å². The van der Waals surface area contributed by atoms with Gasteiger partial charge in [-0.3, -0.25) is 4.79 Å². The number of amides is 1. The third-order valence-electron chi connectivity index (χ3n) is 3.33. The van der Waals surface area contributed by atoms with Crippen molar-refractivity contribution in [3.8, 4) is 0 Å². The minimum absolute atomic E-state index is 0.147. The molecule has 1 heterocycles. The standard InChI is InChI=1S/C14H18FNO2/c1-18-7-6-16-10-11(9-14(16)17)8-12-4-2-3-5-13(12)15/h2-5,11H,6-10H2,1H3/t11-/m0/s1. The first-order chi connectivity index (χ1) is 8.70. The summed E-state index contributed by atoms with van der Waals surface area (Å²) >= 11 is 0. The molecule has 0 saturated carbocycles. The van der Waals surface area contributed by atoms with Gasteiger partial charge >= 0.3 is 0 Å². The molecule has 0 radical (unpaired) electrons.